The van der Waals surface area contributed by atoms with Crippen molar-refractivity contribution in [1.29, 1.82) is 0 Å². The number of rotatable bonds is 18. The van der Waals surface area contributed by atoms with E-state index in [4.69, 9.17) is 45.9 Å². The molecule has 3 N–H and O–H groups in total. The number of ether oxygens (including phenoxy) is 5. The Kier molecular flexibility index (Phi) is 22.2. The van der Waals surface area contributed by atoms with E-state index in [1.54, 1.807) is 58.6 Å². The number of halogens is 3. The highest BCUT2D eigenvalue weighted by Gasteiger charge is 2.41. The number of thiazole rings is 1. The van der Waals surface area contributed by atoms with Crippen LogP contribution in [0.1, 0.15) is 110 Å². The van der Waals surface area contributed by atoms with Crippen LogP contribution in [0.15, 0.2) is 47.2 Å². The zero-order valence-corrected chi connectivity index (χ0v) is 50.4. The molecular weight excluding hydrogens is 1100 g/mol. The second kappa shape index (κ2) is 26.0. The average Bonchev–Trinajstić information content (AvgIpc) is 3.85. The maximum absolute atomic E-state index is 13.4. The van der Waals surface area contributed by atoms with E-state index < -0.39 is 95.0 Å². The van der Waals surface area contributed by atoms with Crippen LogP contribution in [0.25, 0.3) is 11.1 Å². The molecule has 1 aliphatic rings. The Labute approximate surface area is 464 Å². The molecule has 0 saturated carbocycles. The zero-order valence-electron chi connectivity index (χ0n) is 47.8. The molecule has 3 heterocycles. The smallest absolute Gasteiger partial charge is 0.485 e. The minimum atomic E-state index is -6.09. The van der Waals surface area contributed by atoms with Crippen molar-refractivity contribution in [1.82, 2.24) is 19.9 Å². The minimum absolute atomic E-state index is 0.0579. The number of benzene rings is 1. The number of nitrogens with zero attached hydrogens (tertiary/aromatic N) is 5. The number of likely N-dealkylation sites (tertiary alicyclic amines) is 1. The van der Waals surface area contributed by atoms with Crippen molar-refractivity contribution in [2.75, 3.05) is 31.6 Å². The number of carbonyl (C=O) groups excluding carboxylic acids is 4. The lowest BCUT2D eigenvalue weighted by molar-refractivity contribution is -0.782. The number of aromatic nitrogens is 3. The normalized spacial score (nSPS) is 14.8. The molecular formula is C50H76F3N7O16S2Si. The Balaban J connectivity index is 0.00000189. The molecule has 23 nitrogen and oxygen atoms in total. The van der Waals surface area contributed by atoms with Crippen LogP contribution in [0.3, 0.4) is 0 Å². The van der Waals surface area contributed by atoms with Crippen molar-refractivity contribution in [2.45, 2.75) is 175 Å². The number of carbonyl (C=O) groups is 5. The Morgan fingerprint density at radius 1 is 0.848 bits per heavy atom. The van der Waals surface area contributed by atoms with Crippen molar-refractivity contribution in [3.8, 4) is 16.9 Å². The van der Waals surface area contributed by atoms with Crippen molar-refractivity contribution in [3.05, 3.63) is 47.7 Å². The summed E-state index contributed by atoms with van der Waals surface area (Å²) in [5, 5.41) is 20.5. The number of hydrogen-bond donors (Lipinski definition) is 3. The molecule has 29 heteroatoms. The van der Waals surface area contributed by atoms with E-state index in [9.17, 15) is 42.3 Å². The van der Waals surface area contributed by atoms with Gasteiger partial charge in [0.2, 0.25) is 11.9 Å². The molecule has 0 bridgehead atoms. The quantitative estimate of drug-likeness (QED) is 0.0157. The van der Waals surface area contributed by atoms with Gasteiger partial charge in [0.05, 0.1) is 23.8 Å². The number of hydrogen-bond acceptors (Lipinski definition) is 18. The van der Waals surface area contributed by atoms with Crippen LogP contribution in [0.2, 0.25) is 18.1 Å². The molecule has 2 unspecified atom stereocenters. The van der Waals surface area contributed by atoms with Gasteiger partial charge >= 0.3 is 35.7 Å². The van der Waals surface area contributed by atoms with Crippen molar-refractivity contribution < 1.29 is 92.9 Å². The van der Waals surface area contributed by atoms with Gasteiger partial charge in [0.15, 0.2) is 30.1 Å². The molecule has 1 fully saturated rings. The molecule has 0 aliphatic carbocycles. The van der Waals surface area contributed by atoms with Crippen LogP contribution in [0.4, 0.5) is 32.7 Å². The summed E-state index contributed by atoms with van der Waals surface area (Å²) in [5.41, 5.74) is -7.69. The highest BCUT2D eigenvalue weighted by atomic mass is 32.2. The SMILES string of the molecule is CC(C)(C)OC(=O)NCC(Cn1cc(-c2ccc(OCC(O/N=C(\C(=O)O)c3csc(NC(=O)OC(C)(C)C)n3)C(=O)OC(C)(C)C)cc2)c[n+]1CC1CN(C(=O)OC(C)(C)C)C1)O[Si](C)(C)C(C)(C)C.O=S(=O)([O-])C(F)(F)F. The minimum Gasteiger partial charge on any atom is -0.741 e. The molecule has 1 saturated heterocycles. The summed E-state index contributed by atoms with van der Waals surface area (Å²) in [7, 11) is -8.43. The molecule has 0 spiro atoms. The van der Waals surface area contributed by atoms with Gasteiger partial charge in [-0.1, -0.05) is 38.1 Å². The Bertz CT molecular complexity index is 2730. The molecule has 3 amide bonds. The largest absolute Gasteiger partial charge is 0.741 e. The molecule has 444 valence electrons. The third kappa shape index (κ3) is 23.3. The fraction of sp³-hybridized carbons (Fsp3) is 0.640. The lowest BCUT2D eigenvalue weighted by Crippen LogP contribution is -2.58. The van der Waals surface area contributed by atoms with Crippen molar-refractivity contribution >= 4 is 70.8 Å². The molecule has 0 radical (unpaired) electrons. The summed E-state index contributed by atoms with van der Waals surface area (Å²) < 4.78 is 98.0. The van der Waals surface area contributed by atoms with Crippen LogP contribution < -0.4 is 20.1 Å². The first-order valence-corrected chi connectivity index (χ1v) is 30.0. The van der Waals surface area contributed by atoms with Gasteiger partial charge in [-0.05, 0) is 119 Å². The van der Waals surface area contributed by atoms with E-state index in [2.05, 4.69) is 64.0 Å². The Morgan fingerprint density at radius 3 is 1.87 bits per heavy atom. The molecule has 2 atom stereocenters. The fourth-order valence-electron chi connectivity index (χ4n) is 6.42. The number of oxime groups is 1. The van der Waals surface area contributed by atoms with Crippen LogP contribution in [0.5, 0.6) is 5.75 Å². The molecule has 3 aromatic rings. The molecule has 79 heavy (non-hydrogen) atoms. The van der Waals surface area contributed by atoms with Gasteiger partial charge in [-0.15, -0.1) is 16.0 Å². The van der Waals surface area contributed by atoms with Gasteiger partial charge in [-0.2, -0.15) is 17.9 Å². The van der Waals surface area contributed by atoms with Crippen LogP contribution in [0, 0.1) is 5.92 Å². The molecule has 2 aromatic heterocycles. The van der Waals surface area contributed by atoms with Gasteiger partial charge in [0.1, 0.15) is 47.0 Å². The fourth-order valence-corrected chi connectivity index (χ4v) is 8.44. The number of alkyl carbamates (subject to hydrolysis) is 1. The summed E-state index contributed by atoms with van der Waals surface area (Å²) in [6, 6.07) is 7.16. The molecule has 4 rings (SSSR count). The van der Waals surface area contributed by atoms with Gasteiger partial charge in [0, 0.05) is 25.0 Å². The number of carboxylic acids is 1. The first-order chi connectivity index (χ1) is 35.7. The van der Waals surface area contributed by atoms with E-state index in [-0.39, 0.29) is 34.4 Å². The van der Waals surface area contributed by atoms with Crippen LogP contribution >= 0.6 is 11.3 Å². The van der Waals surface area contributed by atoms with Crippen molar-refractivity contribution in [2.24, 2.45) is 11.1 Å². The number of carboxylic acid groups (broad SMARTS) is 1. The van der Waals surface area contributed by atoms with Gasteiger partial charge in [-0.25, -0.2) is 37.4 Å². The molecule has 1 aliphatic heterocycles. The zero-order chi connectivity index (χ0) is 60.5. The topological polar surface area (TPSA) is 289 Å². The second-order valence-corrected chi connectivity index (χ2v) is 30.9. The van der Waals surface area contributed by atoms with Gasteiger partial charge in [-0.3, -0.25) is 5.32 Å². The number of aliphatic carboxylic acids is 1. The van der Waals surface area contributed by atoms with Crippen LogP contribution in [-0.4, -0.2) is 143 Å². The monoisotopic (exact) mass is 1180 g/mol. The summed E-state index contributed by atoms with van der Waals surface area (Å²) in [4.78, 5) is 75.0. The van der Waals surface area contributed by atoms with E-state index >= 15 is 0 Å². The van der Waals surface area contributed by atoms with E-state index in [1.165, 1.54) is 5.38 Å². The van der Waals surface area contributed by atoms with E-state index in [0.29, 0.717) is 31.9 Å². The first kappa shape index (κ1) is 67.2. The molecule has 1 aromatic carbocycles. The second-order valence-electron chi connectivity index (χ2n) is 23.9. The maximum atomic E-state index is 13.4. The summed E-state index contributed by atoms with van der Waals surface area (Å²) >= 11 is 0.943. The summed E-state index contributed by atoms with van der Waals surface area (Å²) in [6.45, 7) is 33.7. The van der Waals surface area contributed by atoms with Crippen LogP contribution in [-0.2, 0) is 61.0 Å². The predicted molar refractivity (Wildman–Crippen MR) is 286 cm³/mol. The number of alkyl halides is 3. The predicted octanol–water partition coefficient (Wildman–Crippen LogP) is 8.67. The highest BCUT2D eigenvalue weighted by molar-refractivity contribution is 7.86. The number of amides is 3. The third-order valence-corrected chi connectivity index (χ3v) is 16.7. The number of nitrogens with one attached hydrogen (secondary N) is 2. The highest BCUT2D eigenvalue weighted by Crippen LogP contribution is 2.37. The first-order valence-electron chi connectivity index (χ1n) is 24.8. The lowest BCUT2D eigenvalue weighted by Gasteiger charge is -2.39. The average molecular weight is 1180 g/mol. The van der Waals surface area contributed by atoms with Gasteiger partial charge < -0.3 is 52.8 Å². The number of esters is 1. The summed E-state index contributed by atoms with van der Waals surface area (Å²) in [5.74, 6) is -1.84. The van der Waals surface area contributed by atoms with E-state index in [1.807, 2.05) is 66.1 Å². The van der Waals surface area contributed by atoms with E-state index in [0.717, 1.165) is 22.5 Å². The summed E-state index contributed by atoms with van der Waals surface area (Å²) in [6.07, 6.45) is 0.443. The maximum Gasteiger partial charge on any atom is 0.485 e. The standard InChI is InChI=1S/C49H75N7O13SSi.CHF3O3S/c1-45(2,3)64-40(59)37(68-53-38(39(57)58)36-30-70-41(51-36)52-43(61)66-47(7,8)9)29-63-34-20-18-32(19-21-34)33-26-55(25-31-23-54(24-31)44(62)67-48(10,11)12)56(27-33)28-35(69-71(16,17)49(13,14)15)22-50-42(60)65-46(4,5)6;2-1(3,4)8(5,6)7/h18-21,26-27,30-31,35,37H,22-25,28-29H2,1-17H3,(H2-,50,51,52,57,58,60,61);(H,5,6,7)/b53-38-;. The Morgan fingerprint density at radius 2 is 1.38 bits per heavy atom. The third-order valence-electron chi connectivity index (χ3n) is 10.9. The Hall–Kier alpha value is -6.04. The lowest BCUT2D eigenvalue weighted by atomic mass is 10.0. The van der Waals surface area contributed by atoms with Gasteiger partial charge in [0.25, 0.3) is 6.10 Å². The van der Waals surface area contributed by atoms with Crippen molar-refractivity contribution in [3.63, 3.8) is 0 Å². The number of anilines is 1.